The molecule has 1 fully saturated rings. The van der Waals surface area contributed by atoms with E-state index in [1.807, 2.05) is 18.7 Å². The number of carbonyl (C=O) groups excluding carboxylic acids is 1. The third kappa shape index (κ3) is 3.95. The lowest BCUT2D eigenvalue weighted by Gasteiger charge is -2.34. The molecule has 2 N–H and O–H groups in total. The van der Waals surface area contributed by atoms with Crippen molar-refractivity contribution in [3.8, 4) is 0 Å². The van der Waals surface area contributed by atoms with Crippen LogP contribution in [0.1, 0.15) is 40.0 Å². The van der Waals surface area contributed by atoms with E-state index in [0.717, 1.165) is 31.8 Å². The molecule has 0 spiro atoms. The molecule has 16 heavy (non-hydrogen) atoms. The van der Waals surface area contributed by atoms with E-state index < -0.39 is 0 Å². The largest absolute Gasteiger partial charge is 0.342 e. The van der Waals surface area contributed by atoms with Crippen molar-refractivity contribution in [2.45, 2.75) is 46.1 Å². The lowest BCUT2D eigenvalue weighted by molar-refractivity contribution is -0.136. The van der Waals surface area contributed by atoms with Crippen molar-refractivity contribution in [3.63, 3.8) is 0 Å². The molecule has 96 valence electrons. The van der Waals surface area contributed by atoms with Crippen LogP contribution in [0, 0.1) is 11.8 Å². The molecule has 0 aromatic carbocycles. The minimum absolute atomic E-state index is 0. The fraction of sp³-hybridized carbons (Fsp3) is 0.917. The molecule has 1 saturated heterocycles. The topological polar surface area (TPSA) is 46.3 Å². The zero-order valence-electron chi connectivity index (χ0n) is 10.6. The molecule has 3 nitrogen and oxygen atoms in total. The van der Waals surface area contributed by atoms with Crippen LogP contribution in [0.15, 0.2) is 0 Å². The predicted molar refractivity (Wildman–Crippen MR) is 69.7 cm³/mol. The van der Waals surface area contributed by atoms with Crippen LogP contribution < -0.4 is 5.73 Å². The summed E-state index contributed by atoms with van der Waals surface area (Å²) in [6.45, 7) is 7.91. The van der Waals surface area contributed by atoms with Crippen molar-refractivity contribution in [2.75, 3.05) is 13.1 Å². The minimum atomic E-state index is -0.0404. The summed E-state index contributed by atoms with van der Waals surface area (Å²) in [7, 11) is 0. The van der Waals surface area contributed by atoms with E-state index in [9.17, 15) is 4.79 Å². The highest BCUT2D eigenvalue weighted by Crippen LogP contribution is 2.21. The fourth-order valence-electron chi connectivity index (χ4n) is 2.07. The summed E-state index contributed by atoms with van der Waals surface area (Å²) >= 11 is 0. The van der Waals surface area contributed by atoms with E-state index in [0.29, 0.717) is 0 Å². The van der Waals surface area contributed by atoms with Crippen LogP contribution in [-0.4, -0.2) is 29.9 Å². The van der Waals surface area contributed by atoms with Gasteiger partial charge in [-0.2, -0.15) is 0 Å². The standard InChI is InChI=1S/C12H24N2O.ClH/c1-4-11-5-7-14(8-6-11)12(15)9(2)10(3)13;/h9-11H,4-8,13H2,1-3H3;1H. The first kappa shape index (κ1) is 15.7. The van der Waals surface area contributed by atoms with Gasteiger partial charge in [-0.25, -0.2) is 0 Å². The number of nitrogens with zero attached hydrogens (tertiary/aromatic N) is 1. The number of rotatable bonds is 3. The van der Waals surface area contributed by atoms with Crippen molar-refractivity contribution in [2.24, 2.45) is 17.6 Å². The number of amides is 1. The number of hydrogen-bond donors (Lipinski definition) is 1. The van der Waals surface area contributed by atoms with E-state index in [-0.39, 0.29) is 30.3 Å². The maximum Gasteiger partial charge on any atom is 0.226 e. The molecule has 0 radical (unpaired) electrons. The molecule has 1 aliphatic heterocycles. The summed E-state index contributed by atoms with van der Waals surface area (Å²) in [5.74, 6) is 1.02. The molecule has 0 aliphatic carbocycles. The lowest BCUT2D eigenvalue weighted by Crippen LogP contribution is -2.45. The highest BCUT2D eigenvalue weighted by molar-refractivity contribution is 5.85. The quantitative estimate of drug-likeness (QED) is 0.831. The number of piperidine rings is 1. The first-order valence-corrected chi connectivity index (χ1v) is 6.10. The average molecular weight is 249 g/mol. The second-order valence-electron chi connectivity index (χ2n) is 4.82. The van der Waals surface area contributed by atoms with E-state index in [1.165, 1.54) is 6.42 Å². The van der Waals surface area contributed by atoms with Crippen molar-refractivity contribution in [1.82, 2.24) is 4.90 Å². The van der Waals surface area contributed by atoms with E-state index in [4.69, 9.17) is 5.73 Å². The Morgan fingerprint density at radius 3 is 2.25 bits per heavy atom. The van der Waals surface area contributed by atoms with E-state index in [1.54, 1.807) is 0 Å². The molecule has 2 atom stereocenters. The maximum absolute atomic E-state index is 12.0. The highest BCUT2D eigenvalue weighted by Gasteiger charge is 2.26. The molecule has 2 unspecified atom stereocenters. The number of halogens is 1. The first-order chi connectivity index (χ1) is 7.06. The molecule has 1 rings (SSSR count). The van der Waals surface area contributed by atoms with Gasteiger partial charge in [0, 0.05) is 19.1 Å². The van der Waals surface area contributed by atoms with Gasteiger partial charge in [0.05, 0.1) is 5.92 Å². The van der Waals surface area contributed by atoms with Gasteiger partial charge in [-0.15, -0.1) is 12.4 Å². The Labute approximate surface area is 105 Å². The fourth-order valence-corrected chi connectivity index (χ4v) is 2.07. The van der Waals surface area contributed by atoms with Gasteiger partial charge in [0.1, 0.15) is 0 Å². The summed E-state index contributed by atoms with van der Waals surface area (Å²) in [5, 5.41) is 0. The third-order valence-electron chi connectivity index (χ3n) is 3.68. The van der Waals surface area contributed by atoms with Crippen LogP contribution in [0.2, 0.25) is 0 Å². The van der Waals surface area contributed by atoms with Crippen LogP contribution in [0.4, 0.5) is 0 Å². The Morgan fingerprint density at radius 2 is 1.88 bits per heavy atom. The number of hydrogen-bond acceptors (Lipinski definition) is 2. The summed E-state index contributed by atoms with van der Waals surface area (Å²) in [6, 6.07) is -0.0404. The molecule has 1 heterocycles. The van der Waals surface area contributed by atoms with Crippen molar-refractivity contribution in [3.05, 3.63) is 0 Å². The molecule has 0 bridgehead atoms. The molecule has 0 saturated carbocycles. The minimum Gasteiger partial charge on any atom is -0.342 e. The second kappa shape index (κ2) is 7.13. The van der Waals surface area contributed by atoms with Crippen molar-refractivity contribution < 1.29 is 4.79 Å². The summed E-state index contributed by atoms with van der Waals surface area (Å²) in [5.41, 5.74) is 5.75. The highest BCUT2D eigenvalue weighted by atomic mass is 35.5. The van der Waals surface area contributed by atoms with Crippen molar-refractivity contribution >= 4 is 18.3 Å². The summed E-state index contributed by atoms with van der Waals surface area (Å²) in [6.07, 6.45) is 3.56. The van der Waals surface area contributed by atoms with Gasteiger partial charge in [-0.3, -0.25) is 4.79 Å². The number of nitrogens with two attached hydrogens (primary N) is 1. The van der Waals surface area contributed by atoms with Crippen LogP contribution in [0.3, 0.4) is 0 Å². The summed E-state index contributed by atoms with van der Waals surface area (Å²) < 4.78 is 0. The lowest BCUT2D eigenvalue weighted by atomic mass is 9.93. The molecule has 0 aromatic rings. The predicted octanol–water partition coefficient (Wildman–Crippen LogP) is 2.04. The zero-order valence-corrected chi connectivity index (χ0v) is 11.4. The SMILES string of the molecule is CCC1CCN(C(=O)C(C)C(C)N)CC1.Cl. The zero-order chi connectivity index (χ0) is 11.4. The van der Waals surface area contributed by atoms with Crippen LogP contribution in [0.25, 0.3) is 0 Å². The van der Waals surface area contributed by atoms with Crippen molar-refractivity contribution in [1.29, 1.82) is 0 Å². The van der Waals surface area contributed by atoms with Gasteiger partial charge in [0.2, 0.25) is 5.91 Å². The number of carbonyl (C=O) groups is 1. The van der Waals surface area contributed by atoms with E-state index >= 15 is 0 Å². The molecular weight excluding hydrogens is 224 g/mol. The maximum atomic E-state index is 12.0. The monoisotopic (exact) mass is 248 g/mol. The van der Waals surface area contributed by atoms with Gasteiger partial charge in [-0.1, -0.05) is 20.3 Å². The van der Waals surface area contributed by atoms with Crippen LogP contribution >= 0.6 is 12.4 Å². The Morgan fingerprint density at radius 1 is 1.38 bits per heavy atom. The molecule has 1 aliphatic rings. The molecular formula is C12H25ClN2O. The van der Waals surface area contributed by atoms with E-state index in [2.05, 4.69) is 6.92 Å². The normalized spacial score (nSPS) is 21.1. The average Bonchev–Trinajstić information content (AvgIpc) is 2.27. The Hall–Kier alpha value is -0.280. The molecule has 1 amide bonds. The third-order valence-corrected chi connectivity index (χ3v) is 3.68. The smallest absolute Gasteiger partial charge is 0.226 e. The van der Waals surface area contributed by atoms with Gasteiger partial charge >= 0.3 is 0 Å². The van der Waals surface area contributed by atoms with Crippen LogP contribution in [-0.2, 0) is 4.79 Å². The molecule has 4 heteroatoms. The Kier molecular flexibility index (Phi) is 7.00. The van der Waals surface area contributed by atoms with Gasteiger partial charge < -0.3 is 10.6 Å². The Balaban J connectivity index is 0.00000225. The van der Waals surface area contributed by atoms with Crippen LogP contribution in [0.5, 0.6) is 0 Å². The van der Waals surface area contributed by atoms with Gasteiger partial charge in [-0.05, 0) is 25.7 Å². The second-order valence-corrected chi connectivity index (χ2v) is 4.82. The molecule has 0 aromatic heterocycles. The summed E-state index contributed by atoms with van der Waals surface area (Å²) in [4.78, 5) is 14.0. The Bertz CT molecular complexity index is 213. The first-order valence-electron chi connectivity index (χ1n) is 6.10. The number of likely N-dealkylation sites (tertiary alicyclic amines) is 1. The van der Waals surface area contributed by atoms with Gasteiger partial charge in [0.25, 0.3) is 0 Å². The van der Waals surface area contributed by atoms with Gasteiger partial charge in [0.15, 0.2) is 0 Å².